The van der Waals surface area contributed by atoms with Crippen molar-refractivity contribution in [2.45, 2.75) is 6.54 Å². The third-order valence-corrected chi connectivity index (χ3v) is 2.67. The Labute approximate surface area is 107 Å². The number of benzene rings is 1. The molecule has 18 heavy (non-hydrogen) atoms. The molecule has 4 heteroatoms. The third-order valence-electron chi connectivity index (χ3n) is 2.67. The lowest BCUT2D eigenvalue weighted by Gasteiger charge is -2.23. The van der Waals surface area contributed by atoms with Crippen LogP contribution in [0.4, 0.5) is 11.6 Å². The van der Waals surface area contributed by atoms with E-state index in [9.17, 15) is 0 Å². The Morgan fingerprint density at radius 1 is 1.06 bits per heavy atom. The van der Waals surface area contributed by atoms with E-state index in [4.69, 9.17) is 10.8 Å². The van der Waals surface area contributed by atoms with E-state index in [0.29, 0.717) is 18.9 Å². The second kappa shape index (κ2) is 6.02. The molecule has 1 aromatic carbocycles. The van der Waals surface area contributed by atoms with E-state index in [2.05, 4.69) is 17.1 Å². The summed E-state index contributed by atoms with van der Waals surface area (Å²) in [6, 6.07) is 15.6. The Kier molecular flexibility index (Phi) is 4.15. The van der Waals surface area contributed by atoms with E-state index < -0.39 is 0 Å². The quantitative estimate of drug-likeness (QED) is 0.838. The lowest BCUT2D eigenvalue weighted by atomic mass is 10.2. The minimum Gasteiger partial charge on any atom is -0.395 e. The first kappa shape index (κ1) is 12.4. The maximum absolute atomic E-state index is 9.14. The molecule has 3 N–H and O–H groups in total. The van der Waals surface area contributed by atoms with Crippen LogP contribution in [-0.4, -0.2) is 23.2 Å². The van der Waals surface area contributed by atoms with Crippen molar-refractivity contribution in [3.63, 3.8) is 0 Å². The molecule has 4 nitrogen and oxygen atoms in total. The van der Waals surface area contributed by atoms with Crippen LogP contribution in [0.15, 0.2) is 48.5 Å². The van der Waals surface area contributed by atoms with Gasteiger partial charge in [0.05, 0.1) is 6.61 Å². The van der Waals surface area contributed by atoms with E-state index in [1.807, 2.05) is 35.2 Å². The molecule has 0 radical (unpaired) electrons. The van der Waals surface area contributed by atoms with Crippen molar-refractivity contribution in [1.82, 2.24) is 4.98 Å². The Hall–Kier alpha value is -2.07. The minimum atomic E-state index is 0.0866. The molecule has 0 bridgehead atoms. The zero-order valence-electron chi connectivity index (χ0n) is 10.2. The summed E-state index contributed by atoms with van der Waals surface area (Å²) in [5, 5.41) is 9.14. The number of rotatable bonds is 5. The molecule has 1 aromatic heterocycles. The number of nitrogens with zero attached hydrogens (tertiary/aromatic N) is 2. The van der Waals surface area contributed by atoms with Crippen molar-refractivity contribution in [3.8, 4) is 0 Å². The van der Waals surface area contributed by atoms with Crippen molar-refractivity contribution < 1.29 is 5.11 Å². The predicted octanol–water partition coefficient (Wildman–Crippen LogP) is 1.66. The molecule has 0 unspecified atom stereocenters. The second-order valence-corrected chi connectivity index (χ2v) is 4.05. The summed E-state index contributed by atoms with van der Waals surface area (Å²) in [6.07, 6.45) is 0. The van der Waals surface area contributed by atoms with Gasteiger partial charge in [0.2, 0.25) is 0 Å². The second-order valence-electron chi connectivity index (χ2n) is 4.05. The Bertz CT molecular complexity index is 487. The molecule has 0 aliphatic carbocycles. The fraction of sp³-hybridized carbons (Fsp3) is 0.214. The van der Waals surface area contributed by atoms with E-state index in [-0.39, 0.29) is 6.61 Å². The zero-order valence-corrected chi connectivity index (χ0v) is 10.2. The summed E-state index contributed by atoms with van der Waals surface area (Å²) in [5.41, 5.74) is 6.86. The van der Waals surface area contributed by atoms with Crippen molar-refractivity contribution in [3.05, 3.63) is 54.1 Å². The molecule has 0 aliphatic heterocycles. The molecule has 0 spiro atoms. The summed E-state index contributed by atoms with van der Waals surface area (Å²) in [4.78, 5) is 6.29. The first-order valence-corrected chi connectivity index (χ1v) is 5.92. The molecule has 0 aliphatic rings. The topological polar surface area (TPSA) is 62.4 Å². The highest BCUT2D eigenvalue weighted by Crippen LogP contribution is 2.15. The summed E-state index contributed by atoms with van der Waals surface area (Å²) < 4.78 is 0. The number of aliphatic hydroxyl groups is 1. The summed E-state index contributed by atoms with van der Waals surface area (Å²) in [5.74, 6) is 1.27. The largest absolute Gasteiger partial charge is 0.395 e. The highest BCUT2D eigenvalue weighted by atomic mass is 16.3. The molecule has 94 valence electrons. The van der Waals surface area contributed by atoms with Gasteiger partial charge in [-0.2, -0.15) is 0 Å². The van der Waals surface area contributed by atoms with Crippen LogP contribution < -0.4 is 10.6 Å². The van der Waals surface area contributed by atoms with Crippen LogP contribution in [0.25, 0.3) is 0 Å². The molecule has 0 saturated heterocycles. The van der Waals surface area contributed by atoms with Crippen molar-refractivity contribution >= 4 is 11.6 Å². The minimum absolute atomic E-state index is 0.0866. The summed E-state index contributed by atoms with van der Waals surface area (Å²) >= 11 is 0. The number of hydrogen-bond donors (Lipinski definition) is 2. The lowest BCUT2D eigenvalue weighted by Crippen LogP contribution is -2.27. The average molecular weight is 243 g/mol. The van der Waals surface area contributed by atoms with Crippen LogP contribution in [0.5, 0.6) is 0 Å². The predicted molar refractivity (Wildman–Crippen MR) is 73.2 cm³/mol. The molecule has 0 saturated carbocycles. The highest BCUT2D eigenvalue weighted by Gasteiger charge is 2.08. The average Bonchev–Trinajstić information content (AvgIpc) is 2.39. The van der Waals surface area contributed by atoms with Gasteiger partial charge in [-0.15, -0.1) is 0 Å². The Balaban J connectivity index is 2.18. The van der Waals surface area contributed by atoms with Crippen molar-refractivity contribution in [2.24, 2.45) is 0 Å². The SMILES string of the molecule is Nc1cccc(N(CCO)Cc2ccccc2)n1. The van der Waals surface area contributed by atoms with Gasteiger partial charge in [-0.1, -0.05) is 36.4 Å². The normalized spacial score (nSPS) is 10.3. The molecule has 1 heterocycles. The molecule has 0 amide bonds. The van der Waals surface area contributed by atoms with E-state index in [0.717, 1.165) is 5.82 Å². The van der Waals surface area contributed by atoms with Crippen LogP contribution >= 0.6 is 0 Å². The fourth-order valence-corrected chi connectivity index (χ4v) is 1.81. The third kappa shape index (κ3) is 3.21. The van der Waals surface area contributed by atoms with Gasteiger partial charge < -0.3 is 15.7 Å². The fourth-order valence-electron chi connectivity index (χ4n) is 1.81. The van der Waals surface area contributed by atoms with E-state index in [1.165, 1.54) is 5.56 Å². The number of pyridine rings is 1. The number of nitrogen functional groups attached to an aromatic ring is 1. The van der Waals surface area contributed by atoms with Crippen LogP contribution in [0.1, 0.15) is 5.56 Å². The summed E-state index contributed by atoms with van der Waals surface area (Å²) in [6.45, 7) is 1.33. The monoisotopic (exact) mass is 243 g/mol. The molecule has 0 fully saturated rings. The number of nitrogens with two attached hydrogens (primary N) is 1. The smallest absolute Gasteiger partial charge is 0.131 e. The maximum Gasteiger partial charge on any atom is 0.131 e. The number of hydrogen-bond acceptors (Lipinski definition) is 4. The molecule has 0 atom stereocenters. The van der Waals surface area contributed by atoms with Crippen molar-refractivity contribution in [2.75, 3.05) is 23.8 Å². The molecular formula is C14H17N3O. The highest BCUT2D eigenvalue weighted by molar-refractivity contribution is 5.45. The molecule has 2 rings (SSSR count). The van der Waals surface area contributed by atoms with Gasteiger partial charge in [0, 0.05) is 13.1 Å². The van der Waals surface area contributed by atoms with Gasteiger partial charge in [-0.05, 0) is 17.7 Å². The Morgan fingerprint density at radius 3 is 2.50 bits per heavy atom. The van der Waals surface area contributed by atoms with Crippen LogP contribution in [0.2, 0.25) is 0 Å². The first-order valence-electron chi connectivity index (χ1n) is 5.92. The van der Waals surface area contributed by atoms with E-state index in [1.54, 1.807) is 6.07 Å². The molecular weight excluding hydrogens is 226 g/mol. The number of aliphatic hydroxyl groups excluding tert-OH is 1. The van der Waals surface area contributed by atoms with Crippen LogP contribution in [0.3, 0.4) is 0 Å². The lowest BCUT2D eigenvalue weighted by molar-refractivity contribution is 0.301. The van der Waals surface area contributed by atoms with Gasteiger partial charge in [0.25, 0.3) is 0 Å². The summed E-state index contributed by atoms with van der Waals surface area (Å²) in [7, 11) is 0. The number of aromatic nitrogens is 1. The van der Waals surface area contributed by atoms with Gasteiger partial charge in [-0.3, -0.25) is 0 Å². The van der Waals surface area contributed by atoms with Crippen LogP contribution in [-0.2, 0) is 6.54 Å². The van der Waals surface area contributed by atoms with Gasteiger partial charge in [-0.25, -0.2) is 4.98 Å². The standard InChI is InChI=1S/C14H17N3O/c15-13-7-4-8-14(16-13)17(9-10-18)11-12-5-2-1-3-6-12/h1-8,18H,9-11H2,(H2,15,16). The van der Waals surface area contributed by atoms with Gasteiger partial charge >= 0.3 is 0 Å². The van der Waals surface area contributed by atoms with Crippen LogP contribution in [0, 0.1) is 0 Å². The van der Waals surface area contributed by atoms with Gasteiger partial charge in [0.1, 0.15) is 11.6 Å². The zero-order chi connectivity index (χ0) is 12.8. The van der Waals surface area contributed by atoms with E-state index >= 15 is 0 Å². The molecule has 2 aromatic rings. The van der Waals surface area contributed by atoms with Crippen molar-refractivity contribution in [1.29, 1.82) is 0 Å². The first-order chi connectivity index (χ1) is 8.79. The Morgan fingerprint density at radius 2 is 1.83 bits per heavy atom. The van der Waals surface area contributed by atoms with Gasteiger partial charge in [0.15, 0.2) is 0 Å². The maximum atomic E-state index is 9.14. The number of anilines is 2.